The van der Waals surface area contributed by atoms with Crippen LogP contribution in [0, 0.1) is 5.82 Å². The van der Waals surface area contributed by atoms with E-state index in [2.05, 4.69) is 15.1 Å². The first-order valence-corrected chi connectivity index (χ1v) is 12.0. The molecule has 0 saturated carbocycles. The van der Waals surface area contributed by atoms with Crippen molar-refractivity contribution in [2.75, 3.05) is 37.6 Å². The molecule has 36 heavy (non-hydrogen) atoms. The molecule has 1 atom stereocenters. The highest BCUT2D eigenvalue weighted by molar-refractivity contribution is 5.94. The van der Waals surface area contributed by atoms with Crippen LogP contribution < -0.4 is 15.0 Å². The highest BCUT2D eigenvalue weighted by atomic mass is 19.1. The van der Waals surface area contributed by atoms with Gasteiger partial charge in [0.1, 0.15) is 23.1 Å². The Morgan fingerprint density at radius 3 is 2.22 bits per heavy atom. The van der Waals surface area contributed by atoms with Gasteiger partial charge in [-0.2, -0.15) is 0 Å². The van der Waals surface area contributed by atoms with Crippen LogP contribution in [0.3, 0.4) is 0 Å². The fraction of sp³-hybridized carbons (Fsp3) is 0.207. The first kappa shape index (κ1) is 23.6. The van der Waals surface area contributed by atoms with Crippen LogP contribution in [0.25, 0.3) is 0 Å². The van der Waals surface area contributed by atoms with Gasteiger partial charge in [-0.15, -0.1) is 0 Å². The van der Waals surface area contributed by atoms with E-state index >= 15 is 0 Å². The Morgan fingerprint density at radius 2 is 1.56 bits per heavy atom. The molecule has 0 radical (unpaired) electrons. The number of nitrogens with one attached hydrogen (secondary N) is 1. The van der Waals surface area contributed by atoms with E-state index in [0.717, 1.165) is 43.4 Å². The van der Waals surface area contributed by atoms with E-state index in [1.165, 1.54) is 12.1 Å². The molecule has 1 aliphatic heterocycles. The average molecular weight is 486 g/mol. The van der Waals surface area contributed by atoms with Crippen molar-refractivity contribution in [2.45, 2.75) is 6.04 Å². The highest BCUT2D eigenvalue weighted by Gasteiger charge is 2.27. The van der Waals surface area contributed by atoms with Gasteiger partial charge in [-0.3, -0.25) is 9.69 Å². The Hall–Kier alpha value is -4.10. The van der Waals surface area contributed by atoms with E-state index < -0.39 is 0 Å². The van der Waals surface area contributed by atoms with Crippen LogP contribution in [0.15, 0.2) is 102 Å². The molecule has 7 heteroatoms. The Labute approximate surface area is 209 Å². The maximum absolute atomic E-state index is 13.3. The molecule has 1 fully saturated rings. The molecule has 0 bridgehead atoms. The average Bonchev–Trinajstić information content (AvgIpc) is 3.45. The number of piperazine rings is 1. The van der Waals surface area contributed by atoms with Gasteiger partial charge >= 0.3 is 0 Å². The van der Waals surface area contributed by atoms with E-state index in [1.807, 2.05) is 54.6 Å². The van der Waals surface area contributed by atoms with E-state index in [1.54, 1.807) is 30.5 Å². The second kappa shape index (κ2) is 11.1. The van der Waals surface area contributed by atoms with Gasteiger partial charge in [-0.05, 0) is 72.8 Å². The predicted molar refractivity (Wildman–Crippen MR) is 137 cm³/mol. The van der Waals surface area contributed by atoms with Gasteiger partial charge in [0.15, 0.2) is 0 Å². The number of nitrogens with zero attached hydrogens (tertiary/aromatic N) is 2. The summed E-state index contributed by atoms with van der Waals surface area (Å²) in [5.74, 6) is 1.85. The predicted octanol–water partition coefficient (Wildman–Crippen LogP) is 5.50. The molecule has 5 rings (SSSR count). The number of carbonyl (C=O) groups excluding carboxylic acids is 1. The number of halogens is 1. The van der Waals surface area contributed by atoms with Crippen molar-refractivity contribution in [1.82, 2.24) is 10.2 Å². The Balaban J connectivity index is 1.19. The molecule has 1 aromatic heterocycles. The lowest BCUT2D eigenvalue weighted by Crippen LogP contribution is -2.49. The van der Waals surface area contributed by atoms with Gasteiger partial charge in [0.2, 0.25) is 0 Å². The molecule has 6 nitrogen and oxygen atoms in total. The Kier molecular flexibility index (Phi) is 7.28. The maximum atomic E-state index is 13.3. The summed E-state index contributed by atoms with van der Waals surface area (Å²) >= 11 is 0. The number of benzene rings is 3. The second-order valence-electron chi connectivity index (χ2n) is 8.68. The lowest BCUT2D eigenvalue weighted by Gasteiger charge is -2.39. The number of anilines is 1. The van der Waals surface area contributed by atoms with Gasteiger partial charge in [0.05, 0.1) is 12.3 Å². The zero-order valence-electron chi connectivity index (χ0n) is 19.8. The molecule has 1 aliphatic rings. The topological polar surface area (TPSA) is 58.0 Å². The molecular formula is C29H28FN3O3. The van der Waals surface area contributed by atoms with Crippen molar-refractivity contribution >= 4 is 11.6 Å². The fourth-order valence-corrected chi connectivity index (χ4v) is 4.42. The third-order valence-electron chi connectivity index (χ3n) is 6.37. The van der Waals surface area contributed by atoms with Crippen molar-refractivity contribution < 1.29 is 18.3 Å². The van der Waals surface area contributed by atoms with Crippen molar-refractivity contribution in [3.63, 3.8) is 0 Å². The monoisotopic (exact) mass is 485 g/mol. The van der Waals surface area contributed by atoms with Gasteiger partial charge < -0.3 is 19.4 Å². The molecule has 1 N–H and O–H groups in total. The number of rotatable bonds is 8. The van der Waals surface area contributed by atoms with Crippen LogP contribution in [0.5, 0.6) is 11.5 Å². The van der Waals surface area contributed by atoms with E-state index in [4.69, 9.17) is 9.15 Å². The number of para-hydroxylation sites is 1. The SMILES string of the molecule is O=C(NCC(c1ccco1)N1CCN(c2ccc(F)cc2)CC1)c1ccc(Oc2ccccc2)cc1. The molecule has 0 aliphatic carbocycles. The van der Waals surface area contributed by atoms with E-state index in [-0.39, 0.29) is 17.8 Å². The molecule has 1 amide bonds. The lowest BCUT2D eigenvalue weighted by atomic mass is 10.1. The number of carbonyl (C=O) groups is 1. The van der Waals surface area contributed by atoms with Crippen LogP contribution in [0.2, 0.25) is 0 Å². The van der Waals surface area contributed by atoms with Gasteiger partial charge in [0.25, 0.3) is 5.91 Å². The first-order valence-electron chi connectivity index (χ1n) is 12.0. The second-order valence-corrected chi connectivity index (χ2v) is 8.68. The Morgan fingerprint density at radius 1 is 0.861 bits per heavy atom. The van der Waals surface area contributed by atoms with Crippen LogP contribution in [-0.4, -0.2) is 43.5 Å². The first-order chi connectivity index (χ1) is 17.7. The lowest BCUT2D eigenvalue weighted by molar-refractivity contribution is 0.0923. The molecule has 4 aromatic rings. The summed E-state index contributed by atoms with van der Waals surface area (Å²) < 4.78 is 24.8. The summed E-state index contributed by atoms with van der Waals surface area (Å²) in [4.78, 5) is 17.5. The summed E-state index contributed by atoms with van der Waals surface area (Å²) in [6, 6.07) is 27.0. The summed E-state index contributed by atoms with van der Waals surface area (Å²) in [6.07, 6.45) is 1.66. The van der Waals surface area contributed by atoms with E-state index in [9.17, 15) is 9.18 Å². The van der Waals surface area contributed by atoms with Crippen molar-refractivity contribution in [1.29, 1.82) is 0 Å². The number of hydrogen-bond donors (Lipinski definition) is 1. The standard InChI is InChI=1S/C29H28FN3O3/c30-23-10-12-24(13-11-23)32-16-18-33(19-17-32)27(28-7-4-20-35-28)21-31-29(34)22-8-14-26(15-9-22)36-25-5-2-1-3-6-25/h1-15,20,27H,16-19,21H2,(H,31,34). The fourth-order valence-electron chi connectivity index (χ4n) is 4.42. The normalized spacial score (nSPS) is 14.9. The minimum atomic E-state index is -0.232. The molecule has 2 heterocycles. The van der Waals surface area contributed by atoms with Crippen molar-refractivity contribution in [3.8, 4) is 11.5 Å². The number of hydrogen-bond acceptors (Lipinski definition) is 5. The quantitative estimate of drug-likeness (QED) is 0.357. The molecule has 3 aromatic carbocycles. The summed E-state index contributed by atoms with van der Waals surface area (Å²) in [6.45, 7) is 3.62. The summed E-state index contributed by atoms with van der Waals surface area (Å²) in [5.41, 5.74) is 1.58. The van der Waals surface area contributed by atoms with Crippen LogP contribution >= 0.6 is 0 Å². The molecule has 0 spiro atoms. The van der Waals surface area contributed by atoms with Crippen molar-refractivity contribution in [2.24, 2.45) is 0 Å². The third kappa shape index (κ3) is 5.75. The van der Waals surface area contributed by atoms with Gasteiger partial charge in [0, 0.05) is 44.0 Å². The van der Waals surface area contributed by atoms with Crippen LogP contribution in [-0.2, 0) is 0 Å². The third-order valence-corrected chi connectivity index (χ3v) is 6.37. The molecule has 1 saturated heterocycles. The van der Waals surface area contributed by atoms with Crippen LogP contribution in [0.1, 0.15) is 22.2 Å². The minimum absolute atomic E-state index is 0.0833. The highest BCUT2D eigenvalue weighted by Crippen LogP contribution is 2.25. The van der Waals surface area contributed by atoms with E-state index in [0.29, 0.717) is 17.9 Å². The zero-order valence-corrected chi connectivity index (χ0v) is 19.8. The smallest absolute Gasteiger partial charge is 0.251 e. The number of amides is 1. The summed E-state index contributed by atoms with van der Waals surface area (Å²) in [7, 11) is 0. The zero-order chi connectivity index (χ0) is 24.7. The molecule has 1 unspecified atom stereocenters. The summed E-state index contributed by atoms with van der Waals surface area (Å²) in [5, 5.41) is 3.07. The number of furan rings is 1. The number of ether oxygens (including phenoxy) is 1. The molecular weight excluding hydrogens is 457 g/mol. The maximum Gasteiger partial charge on any atom is 0.251 e. The molecule has 184 valence electrons. The van der Waals surface area contributed by atoms with Gasteiger partial charge in [-0.25, -0.2) is 4.39 Å². The van der Waals surface area contributed by atoms with Gasteiger partial charge in [-0.1, -0.05) is 18.2 Å². The van der Waals surface area contributed by atoms with Crippen LogP contribution in [0.4, 0.5) is 10.1 Å². The largest absolute Gasteiger partial charge is 0.468 e. The minimum Gasteiger partial charge on any atom is -0.468 e. The Bertz CT molecular complexity index is 1240. The van der Waals surface area contributed by atoms with Crippen molar-refractivity contribution in [3.05, 3.63) is 114 Å².